The van der Waals surface area contributed by atoms with Crippen LogP contribution in [0, 0.1) is 0 Å². The molecule has 0 fully saturated rings. The van der Waals surface area contributed by atoms with Crippen molar-refractivity contribution >= 4 is 0 Å². The van der Waals surface area contributed by atoms with Crippen LogP contribution in [-0.4, -0.2) is 19.3 Å². The maximum Gasteiger partial charge on any atom is 0.0633 e. The Labute approximate surface area is 97.0 Å². The van der Waals surface area contributed by atoms with Crippen LogP contribution in [0.4, 0.5) is 0 Å². The summed E-state index contributed by atoms with van der Waals surface area (Å²) in [6.07, 6.45) is 2.24. The van der Waals surface area contributed by atoms with Crippen molar-refractivity contribution in [1.29, 1.82) is 0 Å². The molecule has 0 aliphatic heterocycles. The van der Waals surface area contributed by atoms with Crippen LogP contribution in [0.1, 0.15) is 30.4 Å². The van der Waals surface area contributed by atoms with Gasteiger partial charge in [0.05, 0.1) is 6.61 Å². The summed E-state index contributed by atoms with van der Waals surface area (Å²) in [5.74, 6) is 6.18. The van der Waals surface area contributed by atoms with Crippen LogP contribution >= 0.6 is 0 Å². The molecule has 0 amide bonds. The van der Waals surface area contributed by atoms with E-state index in [2.05, 4.69) is 29.7 Å². The second-order valence-electron chi connectivity index (χ2n) is 4.36. The van der Waals surface area contributed by atoms with E-state index in [1.165, 1.54) is 17.5 Å². The third kappa shape index (κ3) is 2.43. The fourth-order valence-electron chi connectivity index (χ4n) is 2.36. The lowest BCUT2D eigenvalue weighted by molar-refractivity contribution is 0.117. The summed E-state index contributed by atoms with van der Waals surface area (Å²) in [7, 11) is 0. The van der Waals surface area contributed by atoms with Crippen LogP contribution in [-0.2, 0) is 11.2 Å². The minimum Gasteiger partial charge on any atom is -0.380 e. The zero-order chi connectivity index (χ0) is 11.4. The maximum absolute atomic E-state index is 5.53. The van der Waals surface area contributed by atoms with E-state index in [9.17, 15) is 0 Å². The molecule has 0 radical (unpaired) electrons. The SMILES string of the molecule is CCOCC(CC1Cc2ccccc21)NN. The molecule has 1 aromatic rings. The van der Waals surface area contributed by atoms with Gasteiger partial charge in [0, 0.05) is 12.6 Å². The van der Waals surface area contributed by atoms with Crippen LogP contribution in [0.3, 0.4) is 0 Å². The molecule has 3 heteroatoms. The van der Waals surface area contributed by atoms with Crippen molar-refractivity contribution < 1.29 is 4.74 Å². The Morgan fingerprint density at radius 1 is 1.50 bits per heavy atom. The highest BCUT2D eigenvalue weighted by Gasteiger charge is 2.27. The molecule has 0 saturated carbocycles. The summed E-state index contributed by atoms with van der Waals surface area (Å²) in [6, 6.07) is 8.90. The molecule has 16 heavy (non-hydrogen) atoms. The maximum atomic E-state index is 5.53. The second-order valence-corrected chi connectivity index (χ2v) is 4.36. The molecule has 3 nitrogen and oxygen atoms in total. The van der Waals surface area contributed by atoms with E-state index in [0.717, 1.165) is 13.0 Å². The smallest absolute Gasteiger partial charge is 0.0633 e. The number of hydrogen-bond acceptors (Lipinski definition) is 3. The topological polar surface area (TPSA) is 47.3 Å². The summed E-state index contributed by atoms with van der Waals surface area (Å²) in [5, 5.41) is 0. The normalized spacial score (nSPS) is 20.0. The number of benzene rings is 1. The highest BCUT2D eigenvalue weighted by Crippen LogP contribution is 2.37. The predicted molar refractivity (Wildman–Crippen MR) is 65.1 cm³/mol. The van der Waals surface area contributed by atoms with Gasteiger partial charge < -0.3 is 4.74 Å². The van der Waals surface area contributed by atoms with Crippen molar-refractivity contribution in [1.82, 2.24) is 5.43 Å². The largest absolute Gasteiger partial charge is 0.380 e. The molecule has 1 aliphatic rings. The van der Waals surface area contributed by atoms with Gasteiger partial charge >= 0.3 is 0 Å². The summed E-state index contributed by atoms with van der Waals surface area (Å²) < 4.78 is 5.40. The van der Waals surface area contributed by atoms with Gasteiger partial charge in [-0.2, -0.15) is 0 Å². The van der Waals surface area contributed by atoms with E-state index in [4.69, 9.17) is 10.6 Å². The molecule has 1 aromatic carbocycles. The van der Waals surface area contributed by atoms with Gasteiger partial charge in [0.1, 0.15) is 0 Å². The lowest BCUT2D eigenvalue weighted by Gasteiger charge is -2.32. The zero-order valence-electron chi connectivity index (χ0n) is 9.78. The number of rotatable bonds is 6. The molecule has 0 bridgehead atoms. The lowest BCUT2D eigenvalue weighted by Crippen LogP contribution is -2.41. The Morgan fingerprint density at radius 3 is 3.00 bits per heavy atom. The zero-order valence-corrected chi connectivity index (χ0v) is 9.78. The Bertz CT molecular complexity index is 340. The van der Waals surface area contributed by atoms with Crippen molar-refractivity contribution in [3.05, 3.63) is 35.4 Å². The minimum atomic E-state index is 0.262. The molecule has 2 atom stereocenters. The Kier molecular flexibility index (Phi) is 3.93. The Hall–Kier alpha value is -0.900. The molecule has 0 aromatic heterocycles. The van der Waals surface area contributed by atoms with Gasteiger partial charge in [0.2, 0.25) is 0 Å². The van der Waals surface area contributed by atoms with E-state index in [-0.39, 0.29) is 6.04 Å². The molecule has 2 unspecified atom stereocenters. The molecule has 0 saturated heterocycles. The third-order valence-corrected chi connectivity index (χ3v) is 3.29. The van der Waals surface area contributed by atoms with Crippen LogP contribution < -0.4 is 11.3 Å². The van der Waals surface area contributed by atoms with E-state index in [1.807, 2.05) is 6.92 Å². The van der Waals surface area contributed by atoms with Gasteiger partial charge in [-0.15, -0.1) is 0 Å². The van der Waals surface area contributed by atoms with Crippen molar-refractivity contribution in [2.75, 3.05) is 13.2 Å². The lowest BCUT2D eigenvalue weighted by atomic mass is 9.74. The summed E-state index contributed by atoms with van der Waals surface area (Å²) >= 11 is 0. The second kappa shape index (κ2) is 5.43. The molecular weight excluding hydrogens is 200 g/mol. The Morgan fingerprint density at radius 2 is 2.31 bits per heavy atom. The fraction of sp³-hybridized carbons (Fsp3) is 0.538. The highest BCUT2D eigenvalue weighted by molar-refractivity contribution is 5.39. The van der Waals surface area contributed by atoms with Crippen LogP contribution in [0.25, 0.3) is 0 Å². The molecule has 0 heterocycles. The highest BCUT2D eigenvalue weighted by atomic mass is 16.5. The Balaban J connectivity index is 1.87. The molecule has 2 rings (SSSR count). The first kappa shape index (κ1) is 11.6. The van der Waals surface area contributed by atoms with Gasteiger partial charge in [0.25, 0.3) is 0 Å². The number of hydrogen-bond donors (Lipinski definition) is 2. The van der Waals surface area contributed by atoms with Gasteiger partial charge in [-0.25, -0.2) is 0 Å². The number of nitrogens with two attached hydrogens (primary N) is 1. The number of nitrogens with one attached hydrogen (secondary N) is 1. The summed E-state index contributed by atoms with van der Waals surface area (Å²) in [6.45, 7) is 3.46. The van der Waals surface area contributed by atoms with Crippen LogP contribution in [0.2, 0.25) is 0 Å². The molecule has 0 spiro atoms. The monoisotopic (exact) mass is 220 g/mol. The number of hydrazine groups is 1. The molecule has 88 valence electrons. The number of fused-ring (bicyclic) bond motifs is 1. The third-order valence-electron chi connectivity index (χ3n) is 3.29. The summed E-state index contributed by atoms with van der Waals surface area (Å²) in [4.78, 5) is 0. The minimum absolute atomic E-state index is 0.262. The van der Waals surface area contributed by atoms with Gasteiger partial charge in [0.15, 0.2) is 0 Å². The van der Waals surface area contributed by atoms with E-state index >= 15 is 0 Å². The molecular formula is C13H20N2O. The van der Waals surface area contributed by atoms with Crippen molar-refractivity contribution in [3.8, 4) is 0 Å². The molecule has 3 N–H and O–H groups in total. The van der Waals surface area contributed by atoms with Crippen LogP contribution in [0.5, 0.6) is 0 Å². The fourth-order valence-corrected chi connectivity index (χ4v) is 2.36. The average molecular weight is 220 g/mol. The van der Waals surface area contributed by atoms with Gasteiger partial charge in [-0.3, -0.25) is 11.3 Å². The van der Waals surface area contributed by atoms with Gasteiger partial charge in [-0.05, 0) is 36.8 Å². The van der Waals surface area contributed by atoms with Crippen molar-refractivity contribution in [3.63, 3.8) is 0 Å². The standard InChI is InChI=1S/C13H20N2O/c1-2-16-9-12(15-14)8-11-7-10-5-3-4-6-13(10)11/h3-6,11-12,15H,2,7-9,14H2,1H3. The quantitative estimate of drug-likeness (QED) is 0.565. The van der Waals surface area contributed by atoms with E-state index in [1.54, 1.807) is 0 Å². The van der Waals surface area contributed by atoms with Crippen LogP contribution in [0.15, 0.2) is 24.3 Å². The molecule has 1 aliphatic carbocycles. The first-order valence-electron chi connectivity index (χ1n) is 5.96. The van der Waals surface area contributed by atoms with Gasteiger partial charge in [-0.1, -0.05) is 24.3 Å². The number of ether oxygens (including phenoxy) is 1. The predicted octanol–water partition coefficient (Wildman–Crippen LogP) is 1.58. The summed E-state index contributed by atoms with van der Waals surface area (Å²) in [5.41, 5.74) is 5.81. The average Bonchev–Trinajstić information content (AvgIpc) is 2.30. The first-order valence-corrected chi connectivity index (χ1v) is 5.96. The van der Waals surface area contributed by atoms with E-state index < -0.39 is 0 Å². The first-order chi connectivity index (χ1) is 7.85. The van der Waals surface area contributed by atoms with Crippen molar-refractivity contribution in [2.24, 2.45) is 5.84 Å². The van der Waals surface area contributed by atoms with E-state index in [0.29, 0.717) is 12.5 Å². The van der Waals surface area contributed by atoms with Crippen molar-refractivity contribution in [2.45, 2.75) is 31.7 Å².